The Bertz CT molecular complexity index is 1710. The lowest BCUT2D eigenvalue weighted by atomic mass is 9.47. The zero-order chi connectivity index (χ0) is 64.8. The number of hydrogen-bond donors (Lipinski definition) is 2. The predicted molar refractivity (Wildman–Crippen MR) is 346 cm³/mol. The van der Waals surface area contributed by atoms with Gasteiger partial charge in [-0.3, -0.25) is 0 Å². The number of rotatable bonds is 65. The molecule has 0 spiro atoms. The zero-order valence-corrected chi connectivity index (χ0v) is 57.3. The average Bonchev–Trinajstić information content (AvgIpc) is 1.71. The first-order valence-corrected chi connectivity index (χ1v) is 35.0. The Balaban J connectivity index is 0.759. The van der Waals surface area contributed by atoms with Crippen LogP contribution in [-0.2, 0) is 94.7 Å². The summed E-state index contributed by atoms with van der Waals surface area (Å²) in [6.45, 7) is 32.1. The lowest BCUT2D eigenvalue weighted by molar-refractivity contribution is -0.0581. The van der Waals surface area contributed by atoms with Crippen LogP contribution in [0.15, 0.2) is 11.6 Å². The molecule has 23 heteroatoms. The van der Waals surface area contributed by atoms with Crippen molar-refractivity contribution in [3.8, 4) is 0 Å². The third-order valence-corrected chi connectivity index (χ3v) is 18.0. The van der Waals surface area contributed by atoms with Gasteiger partial charge < -0.3 is 106 Å². The molecule has 3 N–H and O–H groups in total. The number of fused-ring (bicyclic) bond motifs is 5. The minimum atomic E-state index is -0.347. The minimum Gasteiger partial charge on any atom is -0.446 e. The van der Waals surface area contributed by atoms with E-state index in [1.807, 2.05) is 0 Å². The van der Waals surface area contributed by atoms with Gasteiger partial charge in [-0.15, -0.1) is 0 Å². The van der Waals surface area contributed by atoms with Crippen LogP contribution in [0.1, 0.15) is 105 Å². The lowest BCUT2D eigenvalue weighted by Gasteiger charge is -2.58. The highest BCUT2D eigenvalue weighted by molar-refractivity contribution is 5.67. The third-order valence-electron chi connectivity index (χ3n) is 18.0. The van der Waals surface area contributed by atoms with Gasteiger partial charge in [-0.2, -0.15) is 0 Å². The van der Waals surface area contributed by atoms with E-state index in [1.165, 1.54) is 51.4 Å². The van der Waals surface area contributed by atoms with Gasteiger partial charge in [-0.25, -0.2) is 4.79 Å². The van der Waals surface area contributed by atoms with Gasteiger partial charge in [0.15, 0.2) is 0 Å². The lowest BCUT2D eigenvalue weighted by Crippen LogP contribution is -2.51. The Labute approximate surface area is 548 Å². The van der Waals surface area contributed by atoms with Crippen LogP contribution in [0.2, 0.25) is 0 Å². The van der Waals surface area contributed by atoms with Gasteiger partial charge in [0.05, 0.1) is 251 Å². The summed E-state index contributed by atoms with van der Waals surface area (Å²) < 4.78 is 111. The number of amides is 1. The highest BCUT2D eigenvalue weighted by atomic mass is 16.6. The minimum absolute atomic E-state index is 0.0584. The van der Waals surface area contributed by atoms with E-state index in [-0.39, 0.29) is 17.6 Å². The maximum atomic E-state index is 12.8. The number of allylic oxidation sites excluding steroid dienone is 1. The summed E-state index contributed by atoms with van der Waals surface area (Å²) in [4.78, 5) is 12.8. The molecule has 23 nitrogen and oxygen atoms in total. The number of alkyl carbamates (subject to hydrolysis) is 1. The molecule has 0 heterocycles. The fraction of sp³-hybridized carbons (Fsp3) is 0.956. The molecule has 0 aromatic carbocycles. The second-order valence-electron chi connectivity index (χ2n) is 24.9. The molecule has 3 saturated carbocycles. The number of ether oxygens (including phenoxy) is 20. The molecule has 0 aromatic heterocycles. The molecule has 536 valence electrons. The summed E-state index contributed by atoms with van der Waals surface area (Å²) in [5.74, 6) is 4.94. The van der Waals surface area contributed by atoms with E-state index in [1.54, 1.807) is 5.57 Å². The van der Waals surface area contributed by atoms with Crippen LogP contribution in [-0.4, -0.2) is 276 Å². The van der Waals surface area contributed by atoms with Crippen LogP contribution in [0.25, 0.3) is 0 Å². The first-order chi connectivity index (χ1) is 44.7. The van der Waals surface area contributed by atoms with Crippen molar-refractivity contribution in [2.75, 3.05) is 264 Å². The number of carbonyl (C=O) groups is 1. The van der Waals surface area contributed by atoms with Gasteiger partial charge in [-0.05, 0) is 91.3 Å². The van der Waals surface area contributed by atoms with Gasteiger partial charge in [-0.1, -0.05) is 65.5 Å². The molecular formula is C68H128N2O21. The SMILES string of the molecule is CC(C)CCC[C@@H](C)[C@H]1CC[C@H]2[C@@H]3CC=C4C[C@@H](OC(=O)NCCOCCOCCOCCOCCOCCOCCOCCOCCOCCOCCOCCOCCOCCOCCOCCOCCOCCOCCOCCN)CC[C@]4(C)C3CC[C@]12C. The summed E-state index contributed by atoms with van der Waals surface area (Å²) >= 11 is 0. The summed E-state index contributed by atoms with van der Waals surface area (Å²) in [5, 5.41) is 2.89. The molecule has 4 aliphatic rings. The molecule has 8 atom stereocenters. The zero-order valence-electron chi connectivity index (χ0n) is 57.3. The van der Waals surface area contributed by atoms with Crippen molar-refractivity contribution >= 4 is 6.09 Å². The van der Waals surface area contributed by atoms with E-state index in [0.29, 0.717) is 270 Å². The van der Waals surface area contributed by atoms with E-state index >= 15 is 0 Å². The topological polar surface area (TPSA) is 240 Å². The standard InChI is InChI=1S/C68H128N2O21/c1-58(2)7-6-8-59(3)63-11-12-64-62-10-9-60-57-61(13-15-67(60,4)65(62)14-16-68(63,64)5)91-66(71)70-18-20-73-22-24-75-26-28-77-30-32-79-34-36-81-38-40-83-42-44-85-46-48-87-50-52-89-54-56-90-55-53-88-51-49-86-47-45-84-43-41-82-39-37-80-35-33-78-31-29-76-27-25-74-23-21-72-19-17-69/h9,58-59,61-65H,6-8,10-57,69H2,1-5H3,(H,70,71)/t59-,61+,62+,63-,64+,65?,67+,68-/m1/s1. The summed E-state index contributed by atoms with van der Waals surface area (Å²) in [6.07, 6.45) is 16.0. The van der Waals surface area contributed by atoms with Crippen LogP contribution < -0.4 is 11.1 Å². The van der Waals surface area contributed by atoms with Crippen molar-refractivity contribution in [2.24, 2.45) is 52.1 Å². The largest absolute Gasteiger partial charge is 0.446 e. The molecule has 0 aliphatic heterocycles. The van der Waals surface area contributed by atoms with Crippen molar-refractivity contribution in [3.63, 3.8) is 0 Å². The Morgan fingerprint density at radius 3 is 1.12 bits per heavy atom. The highest BCUT2D eigenvalue weighted by Crippen LogP contribution is 2.67. The molecule has 0 radical (unpaired) electrons. The fourth-order valence-corrected chi connectivity index (χ4v) is 13.3. The van der Waals surface area contributed by atoms with E-state index in [0.717, 1.165) is 54.8 Å². The molecule has 91 heavy (non-hydrogen) atoms. The van der Waals surface area contributed by atoms with E-state index in [9.17, 15) is 4.79 Å². The molecule has 3 fully saturated rings. The van der Waals surface area contributed by atoms with Crippen molar-refractivity contribution in [2.45, 2.75) is 111 Å². The molecule has 0 bridgehead atoms. The van der Waals surface area contributed by atoms with Crippen LogP contribution in [0, 0.1) is 46.3 Å². The Morgan fingerprint density at radius 1 is 0.440 bits per heavy atom. The second kappa shape index (κ2) is 55.2. The summed E-state index contributed by atoms with van der Waals surface area (Å²) in [5.41, 5.74) is 7.64. The summed E-state index contributed by atoms with van der Waals surface area (Å²) in [7, 11) is 0. The molecule has 0 saturated heterocycles. The average molecular weight is 1310 g/mol. The van der Waals surface area contributed by atoms with Crippen LogP contribution >= 0.6 is 0 Å². The van der Waals surface area contributed by atoms with Gasteiger partial charge >= 0.3 is 6.09 Å². The molecule has 0 aromatic rings. The molecule has 1 amide bonds. The van der Waals surface area contributed by atoms with Crippen molar-refractivity contribution in [3.05, 3.63) is 11.6 Å². The maximum Gasteiger partial charge on any atom is 0.407 e. The van der Waals surface area contributed by atoms with E-state index < -0.39 is 0 Å². The first-order valence-electron chi connectivity index (χ1n) is 35.0. The molecule has 4 aliphatic carbocycles. The third kappa shape index (κ3) is 38.1. The Kier molecular flexibility index (Phi) is 49.6. The smallest absolute Gasteiger partial charge is 0.407 e. The number of carbonyl (C=O) groups excluding carboxylic acids is 1. The van der Waals surface area contributed by atoms with Crippen LogP contribution in [0.3, 0.4) is 0 Å². The van der Waals surface area contributed by atoms with E-state index in [4.69, 9.17) is 100 Å². The second-order valence-corrected chi connectivity index (χ2v) is 24.9. The van der Waals surface area contributed by atoms with Crippen LogP contribution in [0.5, 0.6) is 0 Å². The van der Waals surface area contributed by atoms with Gasteiger partial charge in [0.1, 0.15) is 6.10 Å². The molecule has 1 unspecified atom stereocenters. The number of nitrogens with one attached hydrogen (secondary N) is 1. The molecular weight excluding hydrogens is 1180 g/mol. The normalized spacial score (nSPS) is 22.5. The van der Waals surface area contributed by atoms with Crippen molar-refractivity contribution in [1.29, 1.82) is 0 Å². The first kappa shape index (κ1) is 81.6. The Hall–Kier alpha value is -1.79. The Morgan fingerprint density at radius 2 is 0.780 bits per heavy atom. The van der Waals surface area contributed by atoms with Crippen molar-refractivity contribution < 1.29 is 99.5 Å². The van der Waals surface area contributed by atoms with Gasteiger partial charge in [0, 0.05) is 19.5 Å². The fourth-order valence-electron chi connectivity index (χ4n) is 13.3. The summed E-state index contributed by atoms with van der Waals surface area (Å²) in [6, 6.07) is 0. The maximum absolute atomic E-state index is 12.8. The van der Waals surface area contributed by atoms with Crippen LogP contribution in [0.4, 0.5) is 4.79 Å². The predicted octanol–water partition coefficient (Wildman–Crippen LogP) is 7.40. The van der Waals surface area contributed by atoms with Gasteiger partial charge in [0.25, 0.3) is 0 Å². The monoisotopic (exact) mass is 1310 g/mol. The molecule has 4 rings (SSSR count). The quantitative estimate of drug-likeness (QED) is 0.0445. The number of nitrogens with two attached hydrogens (primary N) is 1. The van der Waals surface area contributed by atoms with Crippen molar-refractivity contribution in [1.82, 2.24) is 5.32 Å². The van der Waals surface area contributed by atoms with E-state index in [2.05, 4.69) is 46.0 Å². The highest BCUT2D eigenvalue weighted by Gasteiger charge is 2.59. The number of hydrogen-bond acceptors (Lipinski definition) is 22. The van der Waals surface area contributed by atoms with Gasteiger partial charge in [0.2, 0.25) is 0 Å².